The van der Waals surface area contributed by atoms with Crippen molar-refractivity contribution >= 4 is 15.8 Å². The van der Waals surface area contributed by atoms with Gasteiger partial charge < -0.3 is 19.3 Å². The van der Waals surface area contributed by atoms with E-state index in [1.54, 1.807) is 49.4 Å². The minimum absolute atomic E-state index is 0.0330. The van der Waals surface area contributed by atoms with Gasteiger partial charge in [0.2, 0.25) is 11.6 Å². The summed E-state index contributed by atoms with van der Waals surface area (Å²) in [5, 5.41) is 9.71. The van der Waals surface area contributed by atoms with Crippen molar-refractivity contribution < 1.29 is 30.5 Å². The zero-order valence-corrected chi connectivity index (χ0v) is 23.3. The Balaban J connectivity index is 1.88. The summed E-state index contributed by atoms with van der Waals surface area (Å²) in [7, 11) is -4.24. The lowest BCUT2D eigenvalue weighted by atomic mass is 9.87. The number of anilines is 1. The number of aromatic nitrogens is 4. The number of benzene rings is 2. The third kappa shape index (κ3) is 6.82. The van der Waals surface area contributed by atoms with Gasteiger partial charge in [-0.1, -0.05) is 45.0 Å². The summed E-state index contributed by atoms with van der Waals surface area (Å²) in [4.78, 5) is 16.9. The Kier molecular flexibility index (Phi) is 7.96. The number of nitrogens with zero attached hydrogens (tertiary/aromatic N) is 4. The molecule has 2 aromatic heterocycles. The molecule has 210 valence electrons. The molecule has 0 atom stereocenters. The number of ether oxygens (including phenoxy) is 3. The first-order chi connectivity index (χ1) is 19.8. The van der Waals surface area contributed by atoms with Crippen LogP contribution in [0.2, 0.25) is 0 Å². The minimum atomic E-state index is -4.24. The quantitative estimate of drug-likeness (QED) is 0.264. The molecule has 11 nitrogen and oxygen atoms in total. The summed E-state index contributed by atoms with van der Waals surface area (Å²) in [5.74, 6) is -0.615. The Hall–Kier alpha value is -4.29. The topological polar surface area (TPSA) is 146 Å². The van der Waals surface area contributed by atoms with E-state index >= 15 is 0 Å². The number of hydrogen-bond donors (Lipinski definition) is 2. The number of rotatable bonds is 11. The summed E-state index contributed by atoms with van der Waals surface area (Å²) in [5.41, 5.74) is 0.753. The zero-order valence-electron chi connectivity index (χ0n) is 24.5. The highest BCUT2D eigenvalue weighted by Crippen LogP contribution is 2.41. The van der Waals surface area contributed by atoms with Crippen LogP contribution in [-0.2, 0) is 15.4 Å². The highest BCUT2D eigenvalue weighted by atomic mass is 32.2. The van der Waals surface area contributed by atoms with Gasteiger partial charge in [0, 0.05) is 12.4 Å². The molecule has 0 amide bonds. The second kappa shape index (κ2) is 12.3. The van der Waals surface area contributed by atoms with Gasteiger partial charge in [-0.05, 0) is 48.2 Å². The lowest BCUT2D eigenvalue weighted by Crippen LogP contribution is -2.17. The fourth-order valence-electron chi connectivity index (χ4n) is 3.54. The molecular formula is C28H31N5O6S. The SMILES string of the molecule is [2H]C([2H])(O)COc1nc(-c2ncccn2)nc(NS(=O)(=O)c2ccc(C(C)(C)C)cc2)c1Oc1ccccc1OCC. The Labute approximate surface area is 236 Å². The Morgan fingerprint density at radius 1 is 0.925 bits per heavy atom. The van der Waals surface area contributed by atoms with E-state index < -0.39 is 23.2 Å². The molecule has 0 fully saturated rings. The zero-order chi connectivity index (χ0) is 30.5. The van der Waals surface area contributed by atoms with Gasteiger partial charge in [0.25, 0.3) is 15.9 Å². The van der Waals surface area contributed by atoms with Gasteiger partial charge in [0.05, 0.1) is 20.8 Å². The third-order valence-electron chi connectivity index (χ3n) is 5.50. The second-order valence-electron chi connectivity index (χ2n) is 9.41. The van der Waals surface area contributed by atoms with Gasteiger partial charge in [0.15, 0.2) is 23.1 Å². The predicted octanol–water partition coefficient (Wildman–Crippen LogP) is 4.59. The van der Waals surface area contributed by atoms with Crippen molar-refractivity contribution in [3.8, 4) is 34.8 Å². The van der Waals surface area contributed by atoms with Crippen LogP contribution in [0.3, 0.4) is 0 Å². The van der Waals surface area contributed by atoms with E-state index in [0.717, 1.165) is 5.56 Å². The third-order valence-corrected chi connectivity index (χ3v) is 6.85. The molecule has 40 heavy (non-hydrogen) atoms. The molecule has 4 aromatic rings. The Morgan fingerprint density at radius 3 is 2.23 bits per heavy atom. The molecule has 4 rings (SSSR count). The fourth-order valence-corrected chi connectivity index (χ4v) is 4.55. The van der Waals surface area contributed by atoms with Crippen LogP contribution in [-0.4, -0.2) is 53.2 Å². The van der Waals surface area contributed by atoms with Crippen molar-refractivity contribution in [3.63, 3.8) is 0 Å². The normalized spacial score (nSPS) is 12.7. The highest BCUT2D eigenvalue weighted by molar-refractivity contribution is 7.92. The number of hydrogen-bond acceptors (Lipinski definition) is 10. The molecule has 0 radical (unpaired) electrons. The average molecular weight is 568 g/mol. The van der Waals surface area contributed by atoms with Crippen molar-refractivity contribution in [1.29, 1.82) is 0 Å². The van der Waals surface area contributed by atoms with Gasteiger partial charge in [0.1, 0.15) is 6.61 Å². The van der Waals surface area contributed by atoms with E-state index in [4.69, 9.17) is 17.0 Å². The smallest absolute Gasteiger partial charge is 0.263 e. The van der Waals surface area contributed by atoms with Crippen LogP contribution >= 0.6 is 0 Å². The fraction of sp³-hybridized carbons (Fsp3) is 0.286. The summed E-state index contributed by atoms with van der Waals surface area (Å²) >= 11 is 0. The van der Waals surface area contributed by atoms with E-state index in [1.165, 1.54) is 24.5 Å². The van der Waals surface area contributed by atoms with Crippen molar-refractivity contribution in [2.24, 2.45) is 0 Å². The number of para-hydroxylation sites is 2. The van der Waals surface area contributed by atoms with Crippen LogP contribution in [0.1, 0.15) is 36.0 Å². The summed E-state index contributed by atoms with van der Waals surface area (Å²) < 4.78 is 61.9. The second-order valence-corrected chi connectivity index (χ2v) is 11.1. The first-order valence-corrected chi connectivity index (χ1v) is 13.8. The van der Waals surface area contributed by atoms with Gasteiger partial charge in [-0.25, -0.2) is 23.4 Å². The van der Waals surface area contributed by atoms with Crippen molar-refractivity contribution in [2.45, 2.75) is 38.0 Å². The average Bonchev–Trinajstić information content (AvgIpc) is 2.93. The number of nitrogens with one attached hydrogen (secondary N) is 1. The molecular weight excluding hydrogens is 534 g/mol. The lowest BCUT2D eigenvalue weighted by Gasteiger charge is -2.20. The summed E-state index contributed by atoms with van der Waals surface area (Å²) in [6, 6.07) is 14.6. The monoisotopic (exact) mass is 567 g/mol. The van der Waals surface area contributed by atoms with Crippen LogP contribution in [0.5, 0.6) is 23.1 Å². The first kappa shape index (κ1) is 26.0. The standard InChI is InChI=1S/C28H31N5O6S/c1-5-37-21-9-6-7-10-22(21)39-23-24(33-40(35,36)20-13-11-19(12-14-20)28(2,3)4)31-26(25-29-15-8-16-30-25)32-27(23)38-18-17-34/h6-16,34H,5,17-18H2,1-4H3,(H,31,32,33)/i17D2. The lowest BCUT2D eigenvalue weighted by molar-refractivity contribution is 0.192. The van der Waals surface area contributed by atoms with E-state index in [2.05, 4.69) is 24.7 Å². The van der Waals surface area contributed by atoms with Crippen molar-refractivity contribution in [3.05, 3.63) is 72.6 Å². The van der Waals surface area contributed by atoms with Crippen LogP contribution in [0.25, 0.3) is 11.6 Å². The highest BCUT2D eigenvalue weighted by Gasteiger charge is 2.26. The molecule has 0 aliphatic rings. The van der Waals surface area contributed by atoms with Crippen LogP contribution < -0.4 is 18.9 Å². The maximum atomic E-state index is 13.6. The van der Waals surface area contributed by atoms with Crippen LogP contribution in [0.4, 0.5) is 5.82 Å². The molecule has 0 unspecified atom stereocenters. The van der Waals surface area contributed by atoms with E-state index in [-0.39, 0.29) is 45.2 Å². The molecule has 0 saturated carbocycles. The minimum Gasteiger partial charge on any atom is -0.490 e. The molecule has 2 aromatic carbocycles. The van der Waals surface area contributed by atoms with Crippen LogP contribution in [0, 0.1) is 0 Å². The number of aliphatic hydroxyl groups is 1. The van der Waals surface area contributed by atoms with E-state index in [9.17, 15) is 13.5 Å². The molecule has 0 aliphatic carbocycles. The Morgan fingerprint density at radius 2 is 1.60 bits per heavy atom. The van der Waals surface area contributed by atoms with Crippen molar-refractivity contribution in [1.82, 2.24) is 19.9 Å². The van der Waals surface area contributed by atoms with Crippen molar-refractivity contribution in [2.75, 3.05) is 24.5 Å². The summed E-state index contributed by atoms with van der Waals surface area (Å²) in [6.45, 7) is 4.55. The van der Waals surface area contributed by atoms with Gasteiger partial charge >= 0.3 is 0 Å². The molecule has 2 heterocycles. The Bertz CT molecular complexity index is 1630. The van der Waals surface area contributed by atoms with Gasteiger partial charge in [-0.3, -0.25) is 4.72 Å². The summed E-state index contributed by atoms with van der Waals surface area (Å²) in [6.07, 6.45) is 2.89. The van der Waals surface area contributed by atoms with E-state index in [1.807, 2.05) is 20.8 Å². The molecule has 0 spiro atoms. The number of sulfonamides is 1. The van der Waals surface area contributed by atoms with Crippen LogP contribution in [0.15, 0.2) is 71.9 Å². The molecule has 2 N–H and O–H groups in total. The maximum absolute atomic E-state index is 13.6. The molecule has 0 bridgehead atoms. The maximum Gasteiger partial charge on any atom is 0.263 e. The largest absolute Gasteiger partial charge is 0.490 e. The predicted molar refractivity (Wildman–Crippen MR) is 149 cm³/mol. The van der Waals surface area contributed by atoms with Gasteiger partial charge in [-0.15, -0.1) is 0 Å². The molecule has 0 aliphatic heterocycles. The molecule has 0 saturated heterocycles. The van der Waals surface area contributed by atoms with Gasteiger partial charge in [-0.2, -0.15) is 4.98 Å². The van der Waals surface area contributed by atoms with E-state index in [0.29, 0.717) is 12.4 Å². The first-order valence-electron chi connectivity index (χ1n) is 13.3. The molecule has 12 heteroatoms.